The quantitative estimate of drug-likeness (QED) is 0.734. The van der Waals surface area contributed by atoms with Crippen LogP contribution in [-0.2, 0) is 0 Å². The van der Waals surface area contributed by atoms with Gasteiger partial charge in [-0.05, 0) is 35.6 Å². The van der Waals surface area contributed by atoms with E-state index in [1.54, 1.807) is 13.2 Å². The third kappa shape index (κ3) is 2.57. The van der Waals surface area contributed by atoms with E-state index in [4.69, 9.17) is 4.74 Å². The van der Waals surface area contributed by atoms with Gasteiger partial charge in [0, 0.05) is 5.39 Å². The molecule has 0 fully saturated rings. The van der Waals surface area contributed by atoms with Gasteiger partial charge in [-0.3, -0.25) is 9.59 Å². The van der Waals surface area contributed by atoms with Crippen molar-refractivity contribution in [3.8, 4) is 5.75 Å². The van der Waals surface area contributed by atoms with Crippen LogP contribution in [0, 0.1) is 6.92 Å². The minimum absolute atomic E-state index is 0.0517. The van der Waals surface area contributed by atoms with Gasteiger partial charge in [0.15, 0.2) is 0 Å². The molecule has 0 radical (unpaired) electrons. The first-order valence-corrected chi connectivity index (χ1v) is 7.11. The molecule has 0 saturated carbocycles. The summed E-state index contributed by atoms with van der Waals surface area (Å²) in [5.41, 5.74) is 0.997. The molecule has 2 N–H and O–H groups in total. The Kier molecular flexibility index (Phi) is 3.62. The van der Waals surface area contributed by atoms with Crippen molar-refractivity contribution in [2.24, 2.45) is 0 Å². The summed E-state index contributed by atoms with van der Waals surface area (Å²) in [6, 6.07) is 9.60. The zero-order valence-electron chi connectivity index (χ0n) is 12.9. The number of rotatable bonds is 2. The molecule has 2 aromatic carbocycles. The van der Waals surface area contributed by atoms with Gasteiger partial charge in [0.05, 0.1) is 7.11 Å². The predicted octanol–water partition coefficient (Wildman–Crippen LogP) is 0.773. The molecule has 116 valence electrons. The zero-order chi connectivity index (χ0) is 16.6. The van der Waals surface area contributed by atoms with Crippen LogP contribution in [0.4, 0.5) is 0 Å². The summed E-state index contributed by atoms with van der Waals surface area (Å²) >= 11 is 0. The molecule has 23 heavy (non-hydrogen) atoms. The van der Waals surface area contributed by atoms with E-state index >= 15 is 0 Å². The zero-order valence-corrected chi connectivity index (χ0v) is 12.9. The van der Waals surface area contributed by atoms with Crippen LogP contribution in [0.2, 0.25) is 0 Å². The number of H-pyrrole nitrogens is 2. The second-order valence-corrected chi connectivity index (χ2v) is 5.30. The second-order valence-electron chi connectivity index (χ2n) is 5.30. The number of ether oxygens (including phenoxy) is 1. The number of fused-ring (bicyclic) bond motifs is 1. The molecule has 3 aromatic rings. The number of benzene rings is 2. The molecule has 1 aromatic heterocycles. The highest BCUT2D eigenvalue weighted by atomic mass is 16.5. The molecule has 5 heteroatoms. The molecule has 0 atom stereocenters. The first kappa shape index (κ1) is 14.8. The smallest absolute Gasteiger partial charge is 0.262 e. The van der Waals surface area contributed by atoms with Crippen molar-refractivity contribution in [3.05, 3.63) is 72.9 Å². The van der Waals surface area contributed by atoms with Gasteiger partial charge < -0.3 is 14.7 Å². The molecule has 0 aliphatic heterocycles. The van der Waals surface area contributed by atoms with E-state index in [0.717, 1.165) is 27.6 Å². The second kappa shape index (κ2) is 5.61. The fraction of sp³-hybridized carbons (Fsp3) is 0.111. The van der Waals surface area contributed by atoms with Gasteiger partial charge in [0.25, 0.3) is 11.1 Å². The Labute approximate surface area is 131 Å². The van der Waals surface area contributed by atoms with Crippen LogP contribution >= 0.6 is 0 Å². The first-order valence-electron chi connectivity index (χ1n) is 7.11. The van der Waals surface area contributed by atoms with Gasteiger partial charge >= 0.3 is 0 Å². The maximum atomic E-state index is 12.1. The Morgan fingerprint density at radius 2 is 1.70 bits per heavy atom. The van der Waals surface area contributed by atoms with Crippen LogP contribution in [0.5, 0.6) is 5.75 Å². The predicted molar refractivity (Wildman–Crippen MR) is 91.3 cm³/mol. The highest BCUT2D eigenvalue weighted by Crippen LogP contribution is 2.31. The third-order valence-corrected chi connectivity index (χ3v) is 3.78. The molecule has 0 bridgehead atoms. The summed E-state index contributed by atoms with van der Waals surface area (Å²) < 4.78 is 5.42. The molecule has 5 nitrogen and oxygen atoms in total. The lowest BCUT2D eigenvalue weighted by Gasteiger charge is -2.11. The Morgan fingerprint density at radius 3 is 2.30 bits per heavy atom. The molecular formula is C18H16N2O3. The summed E-state index contributed by atoms with van der Waals surface area (Å²) in [7, 11) is 1.62. The van der Waals surface area contributed by atoms with Crippen molar-refractivity contribution >= 4 is 23.4 Å². The van der Waals surface area contributed by atoms with E-state index in [9.17, 15) is 9.59 Å². The molecule has 0 aliphatic rings. The van der Waals surface area contributed by atoms with Crippen LogP contribution in [0.3, 0.4) is 0 Å². The summed E-state index contributed by atoms with van der Waals surface area (Å²) in [6.07, 6.45) is 1.61. The van der Waals surface area contributed by atoms with Crippen molar-refractivity contribution < 1.29 is 4.74 Å². The van der Waals surface area contributed by atoms with E-state index < -0.39 is 11.1 Å². The van der Waals surface area contributed by atoms with Crippen LogP contribution in [0.1, 0.15) is 11.1 Å². The van der Waals surface area contributed by atoms with E-state index in [-0.39, 0.29) is 10.7 Å². The van der Waals surface area contributed by atoms with Gasteiger partial charge in [-0.1, -0.05) is 30.8 Å². The van der Waals surface area contributed by atoms with Crippen molar-refractivity contribution in [3.63, 3.8) is 0 Å². The highest BCUT2D eigenvalue weighted by Gasteiger charge is 2.09. The van der Waals surface area contributed by atoms with Gasteiger partial charge in [-0.25, -0.2) is 0 Å². The lowest BCUT2D eigenvalue weighted by Crippen LogP contribution is -2.47. The first-order chi connectivity index (χ1) is 11.0. The molecule has 0 saturated heterocycles. The van der Waals surface area contributed by atoms with Crippen molar-refractivity contribution in [1.82, 2.24) is 9.97 Å². The number of aromatic nitrogens is 2. The van der Waals surface area contributed by atoms with E-state index in [2.05, 4.69) is 16.5 Å². The minimum Gasteiger partial charge on any atom is -0.496 e. The lowest BCUT2D eigenvalue weighted by atomic mass is 9.98. The Morgan fingerprint density at radius 1 is 1.09 bits per heavy atom. The van der Waals surface area contributed by atoms with Crippen molar-refractivity contribution in [2.75, 3.05) is 7.11 Å². The molecule has 0 amide bonds. The Hall–Kier alpha value is -3.08. The van der Waals surface area contributed by atoms with E-state index in [0.29, 0.717) is 0 Å². The Bertz CT molecular complexity index is 1090. The number of aryl methyl sites for hydroxylation is 1. The number of methoxy groups -OCH3 is 1. The number of nitrogens with one attached hydrogen (secondary N) is 2. The summed E-state index contributed by atoms with van der Waals surface area (Å²) in [5.74, 6) is 0.756. The van der Waals surface area contributed by atoms with Gasteiger partial charge in [-0.15, -0.1) is 0 Å². The third-order valence-electron chi connectivity index (χ3n) is 3.78. The molecular weight excluding hydrogens is 292 g/mol. The average Bonchev–Trinajstić information content (AvgIpc) is 2.51. The fourth-order valence-corrected chi connectivity index (χ4v) is 2.68. The molecule has 0 unspecified atom stereocenters. The lowest BCUT2D eigenvalue weighted by molar-refractivity contribution is 0.419. The average molecular weight is 308 g/mol. The molecule has 0 spiro atoms. The Balaban J connectivity index is 2.46. The standard InChI is InChI=1S/C18H16N2O3/c1-10-8-16(23-3)13-7-5-4-6-12(13)14(10)9-15-17(21)19-11(2)20-18(15)22/h4-9H,2H2,1,3H3,(H,19,21)(H,20,22). The van der Waals surface area contributed by atoms with Crippen LogP contribution in [-0.4, -0.2) is 17.1 Å². The molecule has 1 heterocycles. The number of aromatic amines is 2. The maximum Gasteiger partial charge on any atom is 0.262 e. The summed E-state index contributed by atoms with van der Waals surface area (Å²) in [4.78, 5) is 29.2. The highest BCUT2D eigenvalue weighted by molar-refractivity contribution is 5.96. The monoisotopic (exact) mass is 308 g/mol. The number of hydrogen-bond acceptors (Lipinski definition) is 3. The normalized spacial score (nSPS) is 10.7. The number of hydrogen-bond donors (Lipinski definition) is 2. The van der Waals surface area contributed by atoms with Crippen molar-refractivity contribution in [2.45, 2.75) is 6.92 Å². The van der Waals surface area contributed by atoms with Crippen LogP contribution < -0.4 is 26.6 Å². The van der Waals surface area contributed by atoms with Gasteiger partial charge in [-0.2, -0.15) is 0 Å². The SMILES string of the molecule is C=c1[nH]c(=O)c(=Cc2c(C)cc(OC)c3ccccc23)c(=O)[nH]1. The maximum absolute atomic E-state index is 12.1. The van der Waals surface area contributed by atoms with Gasteiger partial charge in [0.1, 0.15) is 16.4 Å². The van der Waals surface area contributed by atoms with Crippen LogP contribution in [0.15, 0.2) is 39.9 Å². The van der Waals surface area contributed by atoms with Gasteiger partial charge in [0.2, 0.25) is 0 Å². The van der Waals surface area contributed by atoms with E-state index in [1.807, 2.05) is 37.3 Å². The van der Waals surface area contributed by atoms with Crippen LogP contribution in [0.25, 0.3) is 23.4 Å². The fourth-order valence-electron chi connectivity index (χ4n) is 2.68. The van der Waals surface area contributed by atoms with E-state index in [1.165, 1.54) is 0 Å². The largest absolute Gasteiger partial charge is 0.496 e. The topological polar surface area (TPSA) is 75.0 Å². The van der Waals surface area contributed by atoms with Crippen molar-refractivity contribution in [1.29, 1.82) is 0 Å². The summed E-state index contributed by atoms with van der Waals surface area (Å²) in [5, 5.41) is 1.89. The molecule has 3 rings (SSSR count). The summed E-state index contributed by atoms with van der Waals surface area (Å²) in [6.45, 7) is 5.45. The molecule has 0 aliphatic carbocycles. The minimum atomic E-state index is -0.460.